The molecule has 0 fully saturated rings. The van der Waals surface area contributed by atoms with Crippen molar-refractivity contribution in [2.24, 2.45) is 5.41 Å². The highest BCUT2D eigenvalue weighted by Crippen LogP contribution is 2.31. The number of rotatable bonds is 7. The molecule has 106 valence electrons. The molecule has 0 aliphatic rings. The summed E-state index contributed by atoms with van der Waals surface area (Å²) in [5.74, 6) is -2.70. The van der Waals surface area contributed by atoms with Crippen LogP contribution in [0.4, 0.5) is 8.78 Å². The lowest BCUT2D eigenvalue weighted by Crippen LogP contribution is -2.36. The summed E-state index contributed by atoms with van der Waals surface area (Å²) in [6, 6.07) is 0. The average molecular weight is 289 g/mol. The lowest BCUT2D eigenvalue weighted by Gasteiger charge is -2.22. The van der Waals surface area contributed by atoms with Crippen molar-refractivity contribution in [3.05, 3.63) is 0 Å². The third-order valence-electron chi connectivity index (χ3n) is 1.71. The molecule has 0 N–H and O–H groups in total. The monoisotopic (exact) mass is 289 g/mol. The molecule has 18 heavy (non-hydrogen) atoms. The van der Waals surface area contributed by atoms with Crippen LogP contribution in [0, 0.1) is 5.41 Å². The fraction of sp³-hybridized carbons (Fsp3) is 0.750. The van der Waals surface area contributed by atoms with Crippen molar-refractivity contribution < 1.29 is 42.5 Å². The minimum absolute atomic E-state index is 0.618. The van der Waals surface area contributed by atoms with Crippen molar-refractivity contribution in [3.63, 3.8) is 0 Å². The zero-order valence-electron chi connectivity index (χ0n) is 9.73. The zero-order chi connectivity index (χ0) is 14.4. The van der Waals surface area contributed by atoms with Gasteiger partial charge in [-0.1, -0.05) is 0 Å². The number of hydrogen-bond acceptors (Lipinski definition) is 8. The summed E-state index contributed by atoms with van der Waals surface area (Å²) in [4.78, 5) is 22.1. The van der Waals surface area contributed by atoms with E-state index in [0.717, 1.165) is 7.11 Å². The number of alkyl halides is 2. The molecular formula is C8H11F2O7S-. The Balaban J connectivity index is 4.37. The van der Waals surface area contributed by atoms with Gasteiger partial charge in [-0.15, -0.1) is 0 Å². The number of hydrogen-bond donors (Lipinski definition) is 0. The van der Waals surface area contributed by atoms with Gasteiger partial charge < -0.3 is 14.7 Å². The van der Waals surface area contributed by atoms with Gasteiger partial charge in [-0.3, -0.25) is 9.83 Å². The molecule has 0 aliphatic heterocycles. The molecule has 0 unspecified atom stereocenters. The van der Waals surface area contributed by atoms with E-state index in [1.807, 2.05) is 0 Å². The summed E-state index contributed by atoms with van der Waals surface area (Å²) < 4.78 is 37.8. The molecule has 0 aromatic rings. The van der Waals surface area contributed by atoms with Crippen molar-refractivity contribution >= 4 is 24.0 Å². The van der Waals surface area contributed by atoms with Gasteiger partial charge in [0.25, 0.3) is 0 Å². The maximum Gasteiger partial charge on any atom is 0.415 e. The Hall–Kier alpha value is -0.970. The molecule has 0 heterocycles. The SMILES string of the molecule is COC(=O)C(C)(C)COC(=O)C(F)(F)SOO[O-]. The van der Waals surface area contributed by atoms with Gasteiger partial charge in [-0.2, -0.15) is 13.1 Å². The van der Waals surface area contributed by atoms with Crippen LogP contribution < -0.4 is 5.26 Å². The number of methoxy groups -OCH3 is 1. The Morgan fingerprint density at radius 3 is 2.28 bits per heavy atom. The zero-order valence-corrected chi connectivity index (χ0v) is 10.5. The molecule has 0 saturated heterocycles. The number of halogens is 2. The van der Waals surface area contributed by atoms with Gasteiger partial charge in [0.05, 0.1) is 12.5 Å². The fourth-order valence-corrected chi connectivity index (χ4v) is 0.996. The van der Waals surface area contributed by atoms with Gasteiger partial charge in [-0.05, 0) is 13.8 Å². The topological polar surface area (TPSA) is 94.1 Å². The number of ether oxygens (including phenoxy) is 2. The third-order valence-corrected chi connectivity index (χ3v) is 2.21. The smallest absolute Gasteiger partial charge is 0.415 e. The summed E-state index contributed by atoms with van der Waals surface area (Å²) in [6.45, 7) is 2.07. The molecule has 0 aromatic heterocycles. The van der Waals surface area contributed by atoms with E-state index in [1.54, 1.807) is 0 Å². The van der Waals surface area contributed by atoms with Crippen LogP contribution in [-0.4, -0.2) is 30.9 Å². The number of carbonyl (C=O) groups excluding carboxylic acids is 2. The highest BCUT2D eigenvalue weighted by molar-refractivity contribution is 7.96. The Kier molecular flexibility index (Phi) is 6.46. The van der Waals surface area contributed by atoms with Crippen molar-refractivity contribution in [1.82, 2.24) is 0 Å². The number of esters is 2. The van der Waals surface area contributed by atoms with E-state index in [0.29, 0.717) is 0 Å². The maximum atomic E-state index is 12.9. The lowest BCUT2D eigenvalue weighted by molar-refractivity contribution is -0.777. The molecule has 0 bridgehead atoms. The fourth-order valence-electron chi connectivity index (χ4n) is 0.756. The van der Waals surface area contributed by atoms with E-state index in [1.165, 1.54) is 13.8 Å². The van der Waals surface area contributed by atoms with Crippen LogP contribution in [0.3, 0.4) is 0 Å². The normalized spacial score (nSPS) is 12.1. The van der Waals surface area contributed by atoms with Gasteiger partial charge >= 0.3 is 17.2 Å². The molecular weight excluding hydrogens is 278 g/mol. The predicted octanol–water partition coefficient (Wildman–Crippen LogP) is 0.193. The van der Waals surface area contributed by atoms with Crippen molar-refractivity contribution in [3.8, 4) is 0 Å². The molecule has 0 atom stereocenters. The van der Waals surface area contributed by atoms with Crippen molar-refractivity contribution in [1.29, 1.82) is 0 Å². The second-order valence-electron chi connectivity index (χ2n) is 3.69. The molecule has 0 radical (unpaired) electrons. The van der Waals surface area contributed by atoms with E-state index in [2.05, 4.69) is 18.8 Å². The van der Waals surface area contributed by atoms with Crippen LogP contribution in [0.1, 0.15) is 13.8 Å². The van der Waals surface area contributed by atoms with E-state index >= 15 is 0 Å². The summed E-state index contributed by atoms with van der Waals surface area (Å²) in [5.41, 5.74) is -1.28. The molecule has 0 saturated carbocycles. The van der Waals surface area contributed by atoms with Crippen LogP contribution in [0.15, 0.2) is 0 Å². The van der Waals surface area contributed by atoms with E-state index < -0.39 is 41.3 Å². The second-order valence-corrected chi connectivity index (χ2v) is 4.50. The predicted molar refractivity (Wildman–Crippen MR) is 51.5 cm³/mol. The minimum atomic E-state index is -4.13. The largest absolute Gasteiger partial charge is 0.691 e. The summed E-state index contributed by atoms with van der Waals surface area (Å²) in [5, 5.41) is 7.91. The van der Waals surface area contributed by atoms with Crippen LogP contribution in [0.5, 0.6) is 0 Å². The first-order chi connectivity index (χ1) is 8.17. The Morgan fingerprint density at radius 1 is 1.28 bits per heavy atom. The second kappa shape index (κ2) is 6.83. The van der Waals surface area contributed by atoms with Crippen molar-refractivity contribution in [2.45, 2.75) is 19.1 Å². The summed E-state index contributed by atoms with van der Waals surface area (Å²) in [6.07, 6.45) is 0. The van der Waals surface area contributed by atoms with Crippen molar-refractivity contribution in [2.75, 3.05) is 13.7 Å². The van der Waals surface area contributed by atoms with Crippen LogP contribution in [-0.2, 0) is 28.4 Å². The Labute approximate surface area is 105 Å². The molecule has 0 aliphatic carbocycles. The Morgan fingerprint density at radius 2 is 1.83 bits per heavy atom. The molecule has 0 rings (SSSR count). The standard InChI is InChI=1S/C8H12F2O7S/c1-7(2,5(11)14-3)4-15-6(12)8(9,10)18-17-16-13/h13H,4H2,1-3H3/p-1. The maximum absolute atomic E-state index is 12.9. The average Bonchev–Trinajstić information content (AvgIpc) is 2.32. The van der Waals surface area contributed by atoms with Gasteiger partial charge in [0.2, 0.25) is 0 Å². The molecule has 0 aromatic carbocycles. The number of carbonyl (C=O) groups is 2. The van der Waals surface area contributed by atoms with Gasteiger partial charge in [0.15, 0.2) is 0 Å². The quantitative estimate of drug-likeness (QED) is 0.284. The first-order valence-corrected chi connectivity index (χ1v) is 5.19. The summed E-state index contributed by atoms with van der Waals surface area (Å²) >= 11 is -0.807. The first-order valence-electron chi connectivity index (χ1n) is 4.45. The summed E-state index contributed by atoms with van der Waals surface area (Å²) in [7, 11) is 1.11. The highest BCUT2D eigenvalue weighted by Gasteiger charge is 2.45. The van der Waals surface area contributed by atoms with Gasteiger partial charge in [0.1, 0.15) is 18.6 Å². The van der Waals surface area contributed by atoms with Crippen LogP contribution in [0.25, 0.3) is 0 Å². The van der Waals surface area contributed by atoms with Crippen LogP contribution >= 0.6 is 12.0 Å². The van der Waals surface area contributed by atoms with Gasteiger partial charge in [-0.25, -0.2) is 4.79 Å². The first kappa shape index (κ1) is 17.0. The Bertz CT molecular complexity index is 308. The highest BCUT2D eigenvalue weighted by atomic mass is 32.2. The molecule has 0 spiro atoms. The molecule has 10 heteroatoms. The third kappa shape index (κ3) is 5.12. The molecule has 7 nitrogen and oxygen atoms in total. The lowest BCUT2D eigenvalue weighted by atomic mass is 9.95. The minimum Gasteiger partial charge on any atom is -0.691 e. The van der Waals surface area contributed by atoms with E-state index in [4.69, 9.17) is 0 Å². The van der Waals surface area contributed by atoms with Gasteiger partial charge in [0, 0.05) is 0 Å². The molecule has 0 amide bonds. The van der Waals surface area contributed by atoms with Crippen LogP contribution in [0.2, 0.25) is 0 Å². The van der Waals surface area contributed by atoms with E-state index in [9.17, 15) is 23.6 Å². The van der Waals surface area contributed by atoms with E-state index in [-0.39, 0.29) is 0 Å².